The Balaban J connectivity index is 2.44. The second kappa shape index (κ2) is 8.14. The number of aliphatic carboxylic acids is 1. The molecule has 1 N–H and O–H groups in total. The molecule has 0 radical (unpaired) electrons. The second-order valence-corrected chi connectivity index (χ2v) is 9.92. The first kappa shape index (κ1) is 22.3. The first-order chi connectivity index (χ1) is 12.9. The number of rotatable bonds is 6. The molecule has 2 unspecified atom stereocenters. The fraction of sp³-hybridized carbons (Fsp3) is 0.560. The highest BCUT2D eigenvalue weighted by Gasteiger charge is 2.40. The number of benzene rings is 1. The lowest BCUT2D eigenvalue weighted by Crippen LogP contribution is -2.19. The van der Waals surface area contributed by atoms with E-state index in [1.54, 1.807) is 13.0 Å². The van der Waals surface area contributed by atoms with Gasteiger partial charge in [0.1, 0.15) is 5.75 Å². The Bertz CT molecular complexity index is 785. The highest BCUT2D eigenvalue weighted by Crippen LogP contribution is 2.54. The molecule has 0 bridgehead atoms. The Kier molecular flexibility index (Phi) is 6.48. The van der Waals surface area contributed by atoms with Crippen LogP contribution in [0.4, 0.5) is 0 Å². The molecule has 1 aliphatic rings. The molecule has 3 heteroatoms. The second-order valence-electron chi connectivity index (χ2n) is 9.92. The van der Waals surface area contributed by atoms with Gasteiger partial charge in [-0.15, -0.1) is 0 Å². The van der Waals surface area contributed by atoms with Crippen LogP contribution < -0.4 is 4.74 Å². The van der Waals surface area contributed by atoms with E-state index in [4.69, 9.17) is 9.84 Å². The van der Waals surface area contributed by atoms with Crippen molar-refractivity contribution < 1.29 is 14.6 Å². The van der Waals surface area contributed by atoms with E-state index in [-0.39, 0.29) is 10.8 Å². The smallest absolute Gasteiger partial charge is 0.331 e. The lowest BCUT2D eigenvalue weighted by atomic mass is 9.78. The maximum atomic E-state index is 10.9. The van der Waals surface area contributed by atoms with E-state index in [1.165, 1.54) is 16.7 Å². The molecule has 3 nitrogen and oxygen atoms in total. The summed E-state index contributed by atoms with van der Waals surface area (Å²) < 4.78 is 6.17. The number of carbonyl (C=O) groups is 1. The van der Waals surface area contributed by atoms with Gasteiger partial charge in [0.2, 0.25) is 0 Å². The monoisotopic (exact) mass is 384 g/mol. The van der Waals surface area contributed by atoms with E-state index in [0.29, 0.717) is 24.0 Å². The minimum atomic E-state index is -0.872. The summed E-state index contributed by atoms with van der Waals surface area (Å²) in [6, 6.07) is 4.65. The summed E-state index contributed by atoms with van der Waals surface area (Å²) in [5.74, 6) is 1.03. The summed E-state index contributed by atoms with van der Waals surface area (Å²) in [6.45, 7) is 17.8. The number of ether oxygens (including phenoxy) is 1. The normalized spacial score (nSPS) is 20.5. The number of hydrogen-bond donors (Lipinski definition) is 1. The van der Waals surface area contributed by atoms with Crippen molar-refractivity contribution in [2.75, 3.05) is 6.61 Å². The van der Waals surface area contributed by atoms with Gasteiger partial charge in [0.05, 0.1) is 6.61 Å². The number of allylic oxidation sites excluding steroid dienone is 3. The van der Waals surface area contributed by atoms with Crippen LogP contribution in [-0.2, 0) is 15.6 Å². The standard InChI is InChI=1S/C25H36O3/c1-9-28-22-20(19-13-17(19)12-10-11-16(2)23(26)27)14-18(24(3,4)5)15-21(22)25(6,7)8/h10-12,14-15,17,19H,9,13H2,1-8H3,(H,26,27)/b12-10+,16-11+. The van der Waals surface area contributed by atoms with E-state index >= 15 is 0 Å². The van der Waals surface area contributed by atoms with Crippen LogP contribution in [0.2, 0.25) is 0 Å². The molecule has 1 fully saturated rings. The summed E-state index contributed by atoms with van der Waals surface area (Å²) >= 11 is 0. The van der Waals surface area contributed by atoms with Crippen molar-refractivity contribution in [3.05, 3.63) is 52.6 Å². The SMILES string of the molecule is CCOc1c(C2CC2/C=C/C=C(\C)C(=O)O)cc(C(C)(C)C)cc1C(C)(C)C. The van der Waals surface area contributed by atoms with Gasteiger partial charge in [-0.3, -0.25) is 0 Å². The van der Waals surface area contributed by atoms with E-state index < -0.39 is 5.97 Å². The summed E-state index contributed by atoms with van der Waals surface area (Å²) in [5, 5.41) is 8.98. The molecule has 0 saturated heterocycles. The lowest BCUT2D eigenvalue weighted by Gasteiger charge is -2.29. The van der Waals surface area contributed by atoms with Gasteiger partial charge in [0.15, 0.2) is 0 Å². The fourth-order valence-electron chi connectivity index (χ4n) is 3.42. The Labute approximate surface area is 170 Å². The Morgan fingerprint density at radius 2 is 1.82 bits per heavy atom. The van der Waals surface area contributed by atoms with Crippen molar-refractivity contribution in [2.45, 2.75) is 78.6 Å². The summed E-state index contributed by atoms with van der Waals surface area (Å²) in [4.78, 5) is 10.9. The number of carboxylic acids is 1. The summed E-state index contributed by atoms with van der Waals surface area (Å²) in [6.07, 6.45) is 6.77. The highest BCUT2D eigenvalue weighted by atomic mass is 16.5. The first-order valence-electron chi connectivity index (χ1n) is 10.3. The maximum Gasteiger partial charge on any atom is 0.331 e. The van der Waals surface area contributed by atoms with E-state index in [0.717, 1.165) is 12.2 Å². The minimum absolute atomic E-state index is 0.00206. The first-order valence-corrected chi connectivity index (χ1v) is 10.3. The highest BCUT2D eigenvalue weighted by molar-refractivity contribution is 5.86. The van der Waals surface area contributed by atoms with E-state index in [1.807, 2.05) is 13.0 Å². The lowest BCUT2D eigenvalue weighted by molar-refractivity contribution is -0.132. The minimum Gasteiger partial charge on any atom is -0.493 e. The van der Waals surface area contributed by atoms with Gasteiger partial charge in [-0.25, -0.2) is 4.79 Å². The van der Waals surface area contributed by atoms with Crippen LogP contribution in [0.5, 0.6) is 5.75 Å². The van der Waals surface area contributed by atoms with Crippen LogP contribution >= 0.6 is 0 Å². The average Bonchev–Trinajstić information content (AvgIpc) is 3.32. The predicted molar refractivity (Wildman–Crippen MR) is 116 cm³/mol. The zero-order valence-electron chi connectivity index (χ0n) is 18.7. The largest absolute Gasteiger partial charge is 0.493 e. The van der Waals surface area contributed by atoms with E-state index in [9.17, 15) is 4.79 Å². The molecule has 2 rings (SSSR count). The summed E-state index contributed by atoms with van der Waals surface area (Å²) in [7, 11) is 0. The molecule has 0 amide bonds. The van der Waals surface area contributed by atoms with Gasteiger partial charge in [-0.05, 0) is 54.1 Å². The number of carboxylic acid groups (broad SMARTS) is 1. The molecule has 2 atom stereocenters. The third kappa shape index (κ3) is 5.27. The molecule has 0 aromatic heterocycles. The van der Waals surface area contributed by atoms with Gasteiger partial charge < -0.3 is 9.84 Å². The number of hydrogen-bond acceptors (Lipinski definition) is 2. The topological polar surface area (TPSA) is 46.5 Å². The predicted octanol–water partition coefficient (Wildman–Crippen LogP) is 6.37. The zero-order valence-corrected chi connectivity index (χ0v) is 18.7. The molecule has 0 spiro atoms. The van der Waals surface area contributed by atoms with Crippen LogP contribution in [0.3, 0.4) is 0 Å². The van der Waals surface area contributed by atoms with Crippen LogP contribution in [0, 0.1) is 5.92 Å². The third-order valence-corrected chi connectivity index (χ3v) is 5.36. The van der Waals surface area contributed by atoms with Crippen molar-refractivity contribution in [1.29, 1.82) is 0 Å². The van der Waals surface area contributed by atoms with Crippen LogP contribution in [0.1, 0.15) is 84.4 Å². The molecule has 28 heavy (non-hydrogen) atoms. The van der Waals surface area contributed by atoms with Crippen molar-refractivity contribution in [1.82, 2.24) is 0 Å². The van der Waals surface area contributed by atoms with Crippen molar-refractivity contribution in [2.24, 2.45) is 5.92 Å². The van der Waals surface area contributed by atoms with Gasteiger partial charge in [0.25, 0.3) is 0 Å². The van der Waals surface area contributed by atoms with Crippen molar-refractivity contribution >= 4 is 5.97 Å². The molecule has 1 aromatic carbocycles. The third-order valence-electron chi connectivity index (χ3n) is 5.36. The molecule has 154 valence electrons. The fourth-order valence-corrected chi connectivity index (χ4v) is 3.42. The molecule has 1 aliphatic carbocycles. The van der Waals surface area contributed by atoms with Gasteiger partial charge in [0, 0.05) is 11.1 Å². The van der Waals surface area contributed by atoms with Crippen LogP contribution in [0.15, 0.2) is 35.9 Å². The molecular weight excluding hydrogens is 348 g/mol. The average molecular weight is 385 g/mol. The molecular formula is C25H36O3. The Morgan fingerprint density at radius 1 is 1.18 bits per heavy atom. The molecule has 0 aliphatic heterocycles. The quantitative estimate of drug-likeness (QED) is 0.458. The Morgan fingerprint density at radius 3 is 2.32 bits per heavy atom. The molecule has 1 aromatic rings. The maximum absolute atomic E-state index is 10.9. The molecule has 0 heterocycles. The zero-order chi connectivity index (χ0) is 21.3. The van der Waals surface area contributed by atoms with Gasteiger partial charge in [-0.1, -0.05) is 71.9 Å². The van der Waals surface area contributed by atoms with E-state index in [2.05, 4.69) is 59.8 Å². The van der Waals surface area contributed by atoms with Crippen molar-refractivity contribution in [3.63, 3.8) is 0 Å². The van der Waals surface area contributed by atoms with Crippen LogP contribution in [-0.4, -0.2) is 17.7 Å². The summed E-state index contributed by atoms with van der Waals surface area (Å²) in [5.41, 5.74) is 4.34. The molecule has 1 saturated carbocycles. The van der Waals surface area contributed by atoms with Crippen LogP contribution in [0.25, 0.3) is 0 Å². The van der Waals surface area contributed by atoms with Crippen molar-refractivity contribution in [3.8, 4) is 5.75 Å². The Hall–Kier alpha value is -2.03. The van der Waals surface area contributed by atoms with Gasteiger partial charge >= 0.3 is 5.97 Å². The van der Waals surface area contributed by atoms with Gasteiger partial charge in [-0.2, -0.15) is 0 Å².